The van der Waals surface area contributed by atoms with Gasteiger partial charge in [0.05, 0.1) is 19.7 Å². The van der Waals surface area contributed by atoms with Crippen LogP contribution in [0.3, 0.4) is 0 Å². The predicted octanol–water partition coefficient (Wildman–Crippen LogP) is 0.364. The van der Waals surface area contributed by atoms with E-state index in [0.717, 1.165) is 24.5 Å². The van der Waals surface area contributed by atoms with Crippen molar-refractivity contribution in [2.75, 3.05) is 68.5 Å². The van der Waals surface area contributed by atoms with Crippen LogP contribution in [-0.2, 0) is 16.1 Å². The normalized spacial score (nSPS) is 14.1. The topological polar surface area (TPSA) is 130 Å². The van der Waals surface area contributed by atoms with Crippen LogP contribution < -0.4 is 26.8 Å². The molecule has 0 saturated carbocycles. The Balaban J connectivity index is 1.53. The molecule has 1 aliphatic heterocycles. The lowest BCUT2D eigenvalue weighted by atomic mass is 10.2. The van der Waals surface area contributed by atoms with Crippen LogP contribution in [-0.4, -0.2) is 78.3 Å². The van der Waals surface area contributed by atoms with Crippen molar-refractivity contribution in [2.45, 2.75) is 6.54 Å². The molecular formula is C25H31N7O4. The highest BCUT2D eigenvalue weighted by Gasteiger charge is 2.27. The number of pyridine rings is 1. The molecule has 36 heavy (non-hydrogen) atoms. The molecule has 1 aliphatic rings. The number of nitrogens with one attached hydrogen (secondary N) is 1. The van der Waals surface area contributed by atoms with Gasteiger partial charge in [0.15, 0.2) is 5.69 Å². The highest BCUT2D eigenvalue weighted by atomic mass is 16.5. The number of rotatable bonds is 9. The SMILES string of the molecule is COCCN(C(=O)CN1CCN(c2ccccn2)CC1)c1c(N)n(Cc2ccccc2)c(=O)[nH]c1=O. The number of ether oxygens (including phenoxy) is 1. The number of carbonyl (C=O) groups excluding carboxylic acids is 1. The summed E-state index contributed by atoms with van der Waals surface area (Å²) in [7, 11) is 1.52. The Labute approximate surface area is 208 Å². The van der Waals surface area contributed by atoms with Gasteiger partial charge in [0.2, 0.25) is 5.91 Å². The zero-order valence-corrected chi connectivity index (χ0v) is 20.3. The summed E-state index contributed by atoms with van der Waals surface area (Å²) in [6.07, 6.45) is 1.76. The van der Waals surface area contributed by atoms with Gasteiger partial charge in [0.1, 0.15) is 11.6 Å². The van der Waals surface area contributed by atoms with E-state index in [0.29, 0.717) is 13.1 Å². The number of anilines is 3. The van der Waals surface area contributed by atoms with E-state index < -0.39 is 11.2 Å². The van der Waals surface area contributed by atoms with Gasteiger partial charge in [-0.25, -0.2) is 9.78 Å². The van der Waals surface area contributed by atoms with E-state index in [4.69, 9.17) is 10.5 Å². The van der Waals surface area contributed by atoms with Crippen LogP contribution in [0.1, 0.15) is 5.56 Å². The number of aromatic nitrogens is 3. The van der Waals surface area contributed by atoms with Crippen molar-refractivity contribution >= 4 is 23.2 Å². The van der Waals surface area contributed by atoms with Crippen LogP contribution in [0.25, 0.3) is 0 Å². The molecule has 4 rings (SSSR count). The zero-order chi connectivity index (χ0) is 25.5. The average molecular weight is 494 g/mol. The molecule has 1 saturated heterocycles. The van der Waals surface area contributed by atoms with Crippen LogP contribution in [0.2, 0.25) is 0 Å². The number of H-pyrrole nitrogens is 1. The van der Waals surface area contributed by atoms with E-state index in [1.165, 1.54) is 16.6 Å². The molecule has 1 fully saturated rings. The van der Waals surface area contributed by atoms with Gasteiger partial charge in [-0.05, 0) is 17.7 Å². The molecule has 11 nitrogen and oxygen atoms in total. The summed E-state index contributed by atoms with van der Waals surface area (Å²) in [6, 6.07) is 15.1. The molecule has 190 valence electrons. The quantitative estimate of drug-likeness (QED) is 0.437. The highest BCUT2D eigenvalue weighted by Crippen LogP contribution is 2.19. The van der Waals surface area contributed by atoms with Gasteiger partial charge < -0.3 is 20.3 Å². The Kier molecular flexibility index (Phi) is 8.13. The Hall–Kier alpha value is -3.96. The van der Waals surface area contributed by atoms with Crippen LogP contribution in [0.5, 0.6) is 0 Å². The number of carbonyl (C=O) groups is 1. The summed E-state index contributed by atoms with van der Waals surface area (Å²) in [5, 5.41) is 0. The average Bonchev–Trinajstić information content (AvgIpc) is 2.90. The molecule has 1 aromatic carbocycles. The van der Waals surface area contributed by atoms with Gasteiger partial charge in [0, 0.05) is 46.0 Å². The first-order chi connectivity index (χ1) is 17.5. The molecule has 0 atom stereocenters. The summed E-state index contributed by atoms with van der Waals surface area (Å²) < 4.78 is 6.45. The third-order valence-corrected chi connectivity index (χ3v) is 6.19. The standard InChI is InChI=1S/C25H31N7O4/c1-36-16-15-31(21(33)18-29-11-13-30(14-12-29)20-9-5-6-10-27-20)22-23(26)32(25(35)28-24(22)34)17-19-7-3-2-4-8-19/h2-10H,11-18,26H2,1H3,(H,28,34,35). The smallest absolute Gasteiger partial charge is 0.330 e. The van der Waals surface area contributed by atoms with Crippen molar-refractivity contribution in [2.24, 2.45) is 0 Å². The first-order valence-corrected chi connectivity index (χ1v) is 11.8. The van der Waals surface area contributed by atoms with Gasteiger partial charge in [-0.3, -0.25) is 24.0 Å². The van der Waals surface area contributed by atoms with Crippen LogP contribution >= 0.6 is 0 Å². The number of hydrogen-bond acceptors (Lipinski definition) is 8. The minimum absolute atomic E-state index is 0.0419. The maximum atomic E-state index is 13.4. The van der Waals surface area contributed by atoms with E-state index >= 15 is 0 Å². The van der Waals surface area contributed by atoms with E-state index in [1.54, 1.807) is 6.20 Å². The summed E-state index contributed by atoms with van der Waals surface area (Å²) in [6.45, 7) is 3.39. The molecule has 0 aliphatic carbocycles. The maximum Gasteiger partial charge on any atom is 0.330 e. The predicted molar refractivity (Wildman–Crippen MR) is 138 cm³/mol. The monoisotopic (exact) mass is 493 g/mol. The van der Waals surface area contributed by atoms with Gasteiger partial charge in [0.25, 0.3) is 5.56 Å². The number of nitrogen functional groups attached to an aromatic ring is 1. The first-order valence-electron chi connectivity index (χ1n) is 11.8. The molecular weight excluding hydrogens is 462 g/mol. The lowest BCUT2D eigenvalue weighted by Crippen LogP contribution is -2.51. The third kappa shape index (κ3) is 5.81. The molecule has 1 amide bonds. The number of methoxy groups -OCH3 is 1. The lowest BCUT2D eigenvalue weighted by Gasteiger charge is -2.36. The molecule has 3 aromatic rings. The first kappa shape index (κ1) is 25.1. The molecule has 0 unspecified atom stereocenters. The van der Waals surface area contributed by atoms with Gasteiger partial charge in [-0.1, -0.05) is 36.4 Å². The lowest BCUT2D eigenvalue weighted by molar-refractivity contribution is -0.120. The second-order valence-corrected chi connectivity index (χ2v) is 8.55. The fourth-order valence-electron chi connectivity index (χ4n) is 4.26. The third-order valence-electron chi connectivity index (χ3n) is 6.19. The number of nitrogens with two attached hydrogens (primary N) is 1. The number of aromatic amines is 1. The van der Waals surface area contributed by atoms with Crippen molar-refractivity contribution in [1.29, 1.82) is 0 Å². The van der Waals surface area contributed by atoms with Crippen LogP contribution in [0.4, 0.5) is 17.3 Å². The number of nitrogens with zero attached hydrogens (tertiary/aromatic N) is 5. The van der Waals surface area contributed by atoms with E-state index in [-0.39, 0.29) is 43.7 Å². The van der Waals surface area contributed by atoms with Crippen LogP contribution in [0, 0.1) is 0 Å². The number of amides is 1. The van der Waals surface area contributed by atoms with E-state index in [9.17, 15) is 14.4 Å². The Morgan fingerprint density at radius 1 is 1.08 bits per heavy atom. The minimum atomic E-state index is -0.703. The fourth-order valence-corrected chi connectivity index (χ4v) is 4.26. The molecule has 3 N–H and O–H groups in total. The molecule has 0 bridgehead atoms. The highest BCUT2D eigenvalue weighted by molar-refractivity contribution is 5.96. The van der Waals surface area contributed by atoms with Crippen molar-refractivity contribution in [3.8, 4) is 0 Å². The molecule has 0 spiro atoms. The summed E-state index contributed by atoms with van der Waals surface area (Å²) in [4.78, 5) is 51.1. The summed E-state index contributed by atoms with van der Waals surface area (Å²) >= 11 is 0. The maximum absolute atomic E-state index is 13.4. The molecule has 3 heterocycles. The Morgan fingerprint density at radius 3 is 2.47 bits per heavy atom. The largest absolute Gasteiger partial charge is 0.383 e. The molecule has 11 heteroatoms. The van der Waals surface area contributed by atoms with Crippen molar-refractivity contribution < 1.29 is 9.53 Å². The van der Waals surface area contributed by atoms with Gasteiger partial charge >= 0.3 is 5.69 Å². The van der Waals surface area contributed by atoms with Gasteiger partial charge in [-0.15, -0.1) is 0 Å². The zero-order valence-electron chi connectivity index (χ0n) is 20.3. The fraction of sp³-hybridized carbons (Fsp3) is 0.360. The van der Waals surface area contributed by atoms with Crippen LogP contribution in [0.15, 0.2) is 64.3 Å². The second-order valence-electron chi connectivity index (χ2n) is 8.55. The second kappa shape index (κ2) is 11.6. The Bertz CT molecular complexity index is 1270. The van der Waals surface area contributed by atoms with Crippen molar-refractivity contribution in [1.82, 2.24) is 19.4 Å². The Morgan fingerprint density at radius 2 is 1.81 bits per heavy atom. The van der Waals surface area contributed by atoms with E-state index in [2.05, 4.69) is 14.9 Å². The minimum Gasteiger partial charge on any atom is -0.383 e. The van der Waals surface area contributed by atoms with Gasteiger partial charge in [-0.2, -0.15) is 0 Å². The number of benzene rings is 1. The van der Waals surface area contributed by atoms with Crippen molar-refractivity contribution in [3.05, 3.63) is 81.1 Å². The molecule has 2 aromatic heterocycles. The van der Waals surface area contributed by atoms with E-state index in [1.807, 2.05) is 53.4 Å². The molecule has 0 radical (unpaired) electrons. The van der Waals surface area contributed by atoms with Crippen molar-refractivity contribution in [3.63, 3.8) is 0 Å². The number of hydrogen-bond donors (Lipinski definition) is 2. The summed E-state index contributed by atoms with van der Waals surface area (Å²) in [5.41, 5.74) is 5.80. The number of piperazine rings is 1. The summed E-state index contributed by atoms with van der Waals surface area (Å²) in [5.74, 6) is 0.558.